The van der Waals surface area contributed by atoms with E-state index in [2.05, 4.69) is 17.1 Å². The zero-order valence-corrected chi connectivity index (χ0v) is 15.2. The van der Waals surface area contributed by atoms with Crippen LogP contribution in [0.5, 0.6) is 11.5 Å². The molecule has 6 heteroatoms. The molecule has 0 bridgehead atoms. The summed E-state index contributed by atoms with van der Waals surface area (Å²) in [6.07, 6.45) is 3.18. The average Bonchev–Trinajstić information content (AvgIpc) is 3.03. The molecule has 0 atom stereocenters. The molecule has 1 amide bonds. The maximum Gasteiger partial charge on any atom is 0.307 e. The summed E-state index contributed by atoms with van der Waals surface area (Å²) in [7, 11) is 1.56. The van der Waals surface area contributed by atoms with Crippen molar-refractivity contribution < 1.29 is 18.7 Å². The van der Waals surface area contributed by atoms with Crippen LogP contribution in [0.4, 0.5) is 0 Å². The van der Waals surface area contributed by atoms with Crippen molar-refractivity contribution in [2.24, 2.45) is 5.10 Å². The number of para-hydroxylation sites is 1. The number of fused-ring (bicyclic) bond motifs is 1. The Morgan fingerprint density at radius 3 is 2.81 bits per heavy atom. The van der Waals surface area contributed by atoms with E-state index in [4.69, 9.17) is 13.9 Å². The molecule has 0 aliphatic carbocycles. The number of methoxy groups -OCH3 is 1. The fourth-order valence-electron chi connectivity index (χ4n) is 2.64. The second kappa shape index (κ2) is 8.23. The van der Waals surface area contributed by atoms with Gasteiger partial charge in [-0.2, -0.15) is 5.10 Å². The molecular formula is C21H20N2O4. The van der Waals surface area contributed by atoms with Crippen LogP contribution < -0.4 is 14.9 Å². The Kier molecular flexibility index (Phi) is 5.56. The van der Waals surface area contributed by atoms with Crippen LogP contribution in [-0.4, -0.2) is 25.8 Å². The first-order valence-corrected chi connectivity index (χ1v) is 8.37. The lowest BCUT2D eigenvalue weighted by Gasteiger charge is -2.09. The van der Waals surface area contributed by atoms with E-state index in [-0.39, 0.29) is 5.76 Å². The summed E-state index contributed by atoms with van der Waals surface area (Å²) >= 11 is 0. The van der Waals surface area contributed by atoms with Crippen molar-refractivity contribution in [2.45, 2.75) is 6.92 Å². The normalized spacial score (nSPS) is 10.9. The van der Waals surface area contributed by atoms with Crippen LogP contribution in [0.1, 0.15) is 21.7 Å². The van der Waals surface area contributed by atoms with Crippen LogP contribution in [0.25, 0.3) is 11.0 Å². The summed E-state index contributed by atoms with van der Waals surface area (Å²) in [5.74, 6) is 1.02. The molecule has 6 nitrogen and oxygen atoms in total. The molecule has 1 heterocycles. The van der Waals surface area contributed by atoms with E-state index in [0.29, 0.717) is 23.7 Å². The second-order valence-electron chi connectivity index (χ2n) is 5.76. The third-order valence-electron chi connectivity index (χ3n) is 3.97. The topological polar surface area (TPSA) is 73.1 Å². The summed E-state index contributed by atoms with van der Waals surface area (Å²) < 4.78 is 16.4. The first kappa shape index (κ1) is 18.3. The van der Waals surface area contributed by atoms with Crippen LogP contribution in [0.15, 0.2) is 64.6 Å². The number of nitrogens with one attached hydrogen (secondary N) is 1. The van der Waals surface area contributed by atoms with Crippen molar-refractivity contribution in [3.63, 3.8) is 0 Å². The number of furan rings is 1. The summed E-state index contributed by atoms with van der Waals surface area (Å²) in [4.78, 5) is 12.3. The Hall–Kier alpha value is -3.54. The van der Waals surface area contributed by atoms with Gasteiger partial charge in [-0.1, -0.05) is 30.9 Å². The van der Waals surface area contributed by atoms with Gasteiger partial charge < -0.3 is 13.9 Å². The summed E-state index contributed by atoms with van der Waals surface area (Å²) in [6.45, 7) is 5.85. The Morgan fingerprint density at radius 2 is 2.07 bits per heavy atom. The molecule has 0 spiro atoms. The van der Waals surface area contributed by atoms with E-state index < -0.39 is 5.91 Å². The van der Waals surface area contributed by atoms with E-state index in [9.17, 15) is 4.79 Å². The van der Waals surface area contributed by atoms with Crippen LogP contribution in [-0.2, 0) is 0 Å². The lowest BCUT2D eigenvalue weighted by Crippen LogP contribution is -2.17. The van der Waals surface area contributed by atoms with E-state index in [1.54, 1.807) is 25.3 Å². The quantitative estimate of drug-likeness (QED) is 0.389. The fourth-order valence-corrected chi connectivity index (χ4v) is 2.64. The van der Waals surface area contributed by atoms with Crippen molar-refractivity contribution in [1.29, 1.82) is 0 Å². The molecule has 0 unspecified atom stereocenters. The third-order valence-corrected chi connectivity index (χ3v) is 3.97. The number of aryl methyl sites for hydroxylation is 1. The number of carbonyl (C=O) groups excluding carboxylic acids is 1. The van der Waals surface area contributed by atoms with Gasteiger partial charge >= 0.3 is 5.91 Å². The third kappa shape index (κ3) is 4.00. The van der Waals surface area contributed by atoms with Crippen molar-refractivity contribution in [3.8, 4) is 11.5 Å². The highest BCUT2D eigenvalue weighted by Crippen LogP contribution is 2.27. The number of hydrogen-bond acceptors (Lipinski definition) is 5. The SMILES string of the molecule is C=CCOc1ccc(/C=N\NC(=O)c2oc3ccccc3c2C)cc1OC. The summed E-state index contributed by atoms with van der Waals surface area (Å²) in [6, 6.07) is 12.8. The molecule has 3 aromatic rings. The highest BCUT2D eigenvalue weighted by atomic mass is 16.5. The van der Waals surface area contributed by atoms with Gasteiger partial charge in [-0.3, -0.25) is 4.79 Å². The maximum absolute atomic E-state index is 12.3. The highest BCUT2D eigenvalue weighted by Gasteiger charge is 2.16. The number of benzene rings is 2. The molecule has 1 N–H and O–H groups in total. The number of ether oxygens (including phenoxy) is 2. The standard InChI is InChI=1S/C21H20N2O4/c1-4-11-26-18-10-9-15(12-19(18)25-3)13-22-23-21(24)20-14(2)16-7-5-6-8-17(16)27-20/h4-10,12-13H,1,11H2,2-3H3,(H,23,24)/b22-13-. The zero-order chi connectivity index (χ0) is 19.2. The van der Waals surface area contributed by atoms with Crippen LogP contribution in [0.3, 0.4) is 0 Å². The van der Waals surface area contributed by atoms with Crippen molar-refractivity contribution >= 4 is 23.1 Å². The van der Waals surface area contributed by atoms with Crippen LogP contribution >= 0.6 is 0 Å². The molecule has 0 aliphatic rings. The molecule has 0 saturated carbocycles. The number of amides is 1. The monoisotopic (exact) mass is 364 g/mol. The van der Waals surface area contributed by atoms with Gasteiger partial charge in [0.05, 0.1) is 13.3 Å². The second-order valence-corrected chi connectivity index (χ2v) is 5.76. The van der Waals surface area contributed by atoms with Gasteiger partial charge in [0.15, 0.2) is 17.3 Å². The first-order chi connectivity index (χ1) is 13.1. The van der Waals surface area contributed by atoms with E-state index in [1.807, 2.05) is 37.3 Å². The molecule has 3 rings (SSSR count). The smallest absolute Gasteiger partial charge is 0.307 e. The molecule has 27 heavy (non-hydrogen) atoms. The fraction of sp³-hybridized carbons (Fsp3) is 0.143. The van der Waals surface area contributed by atoms with Crippen molar-refractivity contribution in [2.75, 3.05) is 13.7 Å². The predicted octanol–water partition coefficient (Wildman–Crippen LogP) is 4.08. The Balaban J connectivity index is 1.71. The van der Waals surface area contributed by atoms with Gasteiger partial charge in [-0.25, -0.2) is 5.43 Å². The van der Waals surface area contributed by atoms with Crippen LogP contribution in [0, 0.1) is 6.92 Å². The lowest BCUT2D eigenvalue weighted by molar-refractivity contribution is 0.0929. The molecule has 1 aromatic heterocycles. The van der Waals surface area contributed by atoms with Gasteiger partial charge in [0.2, 0.25) is 0 Å². The molecular weight excluding hydrogens is 344 g/mol. The highest BCUT2D eigenvalue weighted by molar-refractivity contribution is 5.99. The van der Waals surface area contributed by atoms with E-state index >= 15 is 0 Å². The molecule has 0 saturated heterocycles. The van der Waals surface area contributed by atoms with E-state index in [0.717, 1.165) is 16.5 Å². The van der Waals surface area contributed by atoms with Gasteiger partial charge in [0.25, 0.3) is 0 Å². The minimum absolute atomic E-state index is 0.249. The number of carbonyl (C=O) groups is 1. The van der Waals surface area contributed by atoms with Gasteiger partial charge in [0, 0.05) is 10.9 Å². The van der Waals surface area contributed by atoms with Gasteiger partial charge in [0.1, 0.15) is 12.2 Å². The predicted molar refractivity (Wildman–Crippen MR) is 105 cm³/mol. The van der Waals surface area contributed by atoms with Gasteiger partial charge in [-0.15, -0.1) is 0 Å². The molecule has 0 aliphatic heterocycles. The number of nitrogens with zero attached hydrogens (tertiary/aromatic N) is 1. The molecule has 2 aromatic carbocycles. The van der Waals surface area contributed by atoms with Gasteiger partial charge in [-0.05, 0) is 36.8 Å². The largest absolute Gasteiger partial charge is 0.493 e. The van der Waals surface area contributed by atoms with E-state index in [1.165, 1.54) is 6.21 Å². The zero-order valence-electron chi connectivity index (χ0n) is 15.2. The number of hydrogen-bond donors (Lipinski definition) is 1. The molecule has 138 valence electrons. The maximum atomic E-state index is 12.3. The Morgan fingerprint density at radius 1 is 1.26 bits per heavy atom. The Labute approximate surface area is 157 Å². The first-order valence-electron chi connectivity index (χ1n) is 8.37. The minimum Gasteiger partial charge on any atom is -0.493 e. The Bertz CT molecular complexity index is 1000. The minimum atomic E-state index is -0.405. The molecule has 0 radical (unpaired) electrons. The van der Waals surface area contributed by atoms with Crippen molar-refractivity contribution in [3.05, 3.63) is 72.0 Å². The average molecular weight is 364 g/mol. The molecule has 0 fully saturated rings. The van der Waals surface area contributed by atoms with Crippen molar-refractivity contribution in [1.82, 2.24) is 5.43 Å². The number of rotatable bonds is 7. The lowest BCUT2D eigenvalue weighted by atomic mass is 10.1. The number of hydrazone groups is 1. The summed E-state index contributed by atoms with van der Waals surface area (Å²) in [5.41, 5.74) is 4.69. The van der Waals surface area contributed by atoms with Crippen LogP contribution in [0.2, 0.25) is 0 Å². The summed E-state index contributed by atoms with van der Waals surface area (Å²) in [5, 5.41) is 4.91.